The average Bonchev–Trinajstić information content (AvgIpc) is 2.82. The number of rotatable bonds is 2. The van der Waals surface area contributed by atoms with Gasteiger partial charge >= 0.3 is 12.0 Å². The lowest BCUT2D eigenvalue weighted by molar-refractivity contribution is -0.141. The fourth-order valence-corrected chi connectivity index (χ4v) is 2.41. The quantitative estimate of drug-likeness (QED) is 0.859. The molecule has 0 aromatic heterocycles. The molecule has 1 heterocycles. The molecular weight excluding hydrogens is 244 g/mol. The first-order valence-corrected chi connectivity index (χ1v) is 6.36. The van der Waals surface area contributed by atoms with Crippen LogP contribution in [0.4, 0.5) is 10.5 Å². The number of hydrogen-bond donors (Lipinski definition) is 2. The Morgan fingerprint density at radius 3 is 2.74 bits per heavy atom. The highest BCUT2D eigenvalue weighted by Gasteiger charge is 2.34. The van der Waals surface area contributed by atoms with Crippen LogP contribution in [-0.2, 0) is 4.79 Å². The van der Waals surface area contributed by atoms with Crippen molar-refractivity contribution in [2.45, 2.75) is 32.7 Å². The number of carboxylic acids is 1. The van der Waals surface area contributed by atoms with Gasteiger partial charge < -0.3 is 15.3 Å². The van der Waals surface area contributed by atoms with Crippen LogP contribution >= 0.6 is 0 Å². The molecule has 102 valence electrons. The number of aliphatic carboxylic acids is 1. The Hall–Kier alpha value is -2.04. The lowest BCUT2D eigenvalue weighted by Crippen LogP contribution is -2.42. The van der Waals surface area contributed by atoms with E-state index in [2.05, 4.69) is 5.32 Å². The van der Waals surface area contributed by atoms with Gasteiger partial charge in [-0.25, -0.2) is 9.59 Å². The van der Waals surface area contributed by atoms with Crippen LogP contribution in [0.25, 0.3) is 0 Å². The number of carboxylic acid groups (broad SMARTS) is 1. The van der Waals surface area contributed by atoms with Gasteiger partial charge in [-0.05, 0) is 38.3 Å². The molecule has 2 N–H and O–H groups in total. The van der Waals surface area contributed by atoms with Gasteiger partial charge in [-0.15, -0.1) is 0 Å². The number of urea groups is 1. The lowest BCUT2D eigenvalue weighted by atomic mass is 10.1. The number of benzene rings is 1. The van der Waals surface area contributed by atoms with Crippen molar-refractivity contribution in [2.24, 2.45) is 0 Å². The molecule has 0 saturated carbocycles. The number of likely N-dealkylation sites (tertiary alicyclic amines) is 1. The van der Waals surface area contributed by atoms with E-state index in [0.29, 0.717) is 13.0 Å². The second-order valence-electron chi connectivity index (χ2n) is 4.94. The van der Waals surface area contributed by atoms with E-state index < -0.39 is 12.0 Å². The summed E-state index contributed by atoms with van der Waals surface area (Å²) in [6.45, 7) is 4.40. The standard InChI is InChI=1S/C14H18N2O3/c1-9-5-6-11(10(2)8-9)15-14(19)16-7-3-4-12(16)13(17)18/h5-6,8,12H,3-4,7H2,1-2H3,(H,15,19)(H,17,18)/t12-/m0/s1. The number of hydrogen-bond acceptors (Lipinski definition) is 2. The maximum absolute atomic E-state index is 12.1. The predicted octanol–water partition coefficient (Wildman–Crippen LogP) is 2.38. The van der Waals surface area contributed by atoms with Crippen LogP contribution in [0.15, 0.2) is 18.2 Å². The molecule has 0 aliphatic carbocycles. The monoisotopic (exact) mass is 262 g/mol. The Balaban J connectivity index is 2.10. The van der Waals surface area contributed by atoms with Crippen LogP contribution in [0, 0.1) is 13.8 Å². The smallest absolute Gasteiger partial charge is 0.326 e. The van der Waals surface area contributed by atoms with E-state index in [1.54, 1.807) is 0 Å². The Morgan fingerprint density at radius 1 is 1.37 bits per heavy atom. The summed E-state index contributed by atoms with van der Waals surface area (Å²) in [7, 11) is 0. The zero-order valence-corrected chi connectivity index (χ0v) is 11.1. The fourth-order valence-electron chi connectivity index (χ4n) is 2.41. The zero-order chi connectivity index (χ0) is 14.0. The highest BCUT2D eigenvalue weighted by molar-refractivity contribution is 5.93. The molecule has 0 bridgehead atoms. The number of carbonyl (C=O) groups excluding carboxylic acids is 1. The first-order chi connectivity index (χ1) is 8.99. The molecular formula is C14H18N2O3. The van der Waals surface area contributed by atoms with Gasteiger partial charge in [0.05, 0.1) is 0 Å². The maximum Gasteiger partial charge on any atom is 0.326 e. The third kappa shape index (κ3) is 2.86. The summed E-state index contributed by atoms with van der Waals surface area (Å²) in [5.41, 5.74) is 2.83. The molecule has 0 unspecified atom stereocenters. The Labute approximate surface area is 112 Å². The largest absolute Gasteiger partial charge is 0.480 e. The Kier molecular flexibility index (Phi) is 3.74. The summed E-state index contributed by atoms with van der Waals surface area (Å²) in [5, 5.41) is 11.9. The van der Waals surface area contributed by atoms with Crippen molar-refractivity contribution in [1.29, 1.82) is 0 Å². The van der Waals surface area contributed by atoms with Crippen LogP contribution in [-0.4, -0.2) is 34.6 Å². The Morgan fingerprint density at radius 2 is 2.11 bits per heavy atom. The van der Waals surface area contributed by atoms with Crippen molar-refractivity contribution < 1.29 is 14.7 Å². The molecule has 0 spiro atoms. The van der Waals surface area contributed by atoms with Gasteiger partial charge in [-0.3, -0.25) is 0 Å². The minimum atomic E-state index is -0.937. The molecule has 1 aliphatic rings. The third-order valence-electron chi connectivity index (χ3n) is 3.42. The number of amides is 2. The van der Waals surface area contributed by atoms with Gasteiger partial charge in [0, 0.05) is 12.2 Å². The average molecular weight is 262 g/mol. The van der Waals surface area contributed by atoms with Crippen LogP contribution in [0.5, 0.6) is 0 Å². The van der Waals surface area contributed by atoms with Gasteiger partial charge in [-0.2, -0.15) is 0 Å². The second-order valence-corrected chi connectivity index (χ2v) is 4.94. The van der Waals surface area contributed by atoms with Gasteiger partial charge in [0.15, 0.2) is 0 Å². The SMILES string of the molecule is Cc1ccc(NC(=O)N2CCC[C@H]2C(=O)O)c(C)c1. The van der Waals surface area contributed by atoms with Gasteiger partial charge in [-0.1, -0.05) is 17.7 Å². The molecule has 1 fully saturated rings. The van der Waals surface area contributed by atoms with E-state index >= 15 is 0 Å². The van der Waals surface area contributed by atoms with Crippen LogP contribution in [0.3, 0.4) is 0 Å². The molecule has 5 nitrogen and oxygen atoms in total. The molecule has 1 atom stereocenters. The minimum absolute atomic E-state index is 0.336. The van der Waals surface area contributed by atoms with Gasteiger partial charge in [0.2, 0.25) is 0 Å². The normalized spacial score (nSPS) is 18.4. The van der Waals surface area contributed by atoms with E-state index in [1.807, 2.05) is 32.0 Å². The molecule has 2 rings (SSSR count). The summed E-state index contributed by atoms with van der Waals surface area (Å²) >= 11 is 0. The van der Waals surface area contributed by atoms with Crippen LogP contribution in [0.1, 0.15) is 24.0 Å². The molecule has 1 aromatic carbocycles. The Bertz CT molecular complexity index is 513. The van der Waals surface area contributed by atoms with Crippen molar-refractivity contribution in [3.63, 3.8) is 0 Å². The van der Waals surface area contributed by atoms with Crippen molar-refractivity contribution in [3.05, 3.63) is 29.3 Å². The lowest BCUT2D eigenvalue weighted by Gasteiger charge is -2.22. The molecule has 5 heteroatoms. The van der Waals surface area contributed by atoms with Crippen LogP contribution < -0.4 is 5.32 Å². The van der Waals surface area contributed by atoms with E-state index in [9.17, 15) is 9.59 Å². The van der Waals surface area contributed by atoms with Crippen molar-refractivity contribution in [2.75, 3.05) is 11.9 Å². The first-order valence-electron chi connectivity index (χ1n) is 6.36. The third-order valence-corrected chi connectivity index (χ3v) is 3.42. The van der Waals surface area contributed by atoms with E-state index in [-0.39, 0.29) is 6.03 Å². The highest BCUT2D eigenvalue weighted by atomic mass is 16.4. The van der Waals surface area contributed by atoms with Crippen molar-refractivity contribution in [1.82, 2.24) is 4.90 Å². The number of carbonyl (C=O) groups is 2. The molecule has 1 aromatic rings. The molecule has 2 amide bonds. The number of anilines is 1. The second kappa shape index (κ2) is 5.30. The van der Waals surface area contributed by atoms with Gasteiger partial charge in [0.25, 0.3) is 0 Å². The fraction of sp³-hybridized carbons (Fsp3) is 0.429. The van der Waals surface area contributed by atoms with E-state index in [4.69, 9.17) is 5.11 Å². The summed E-state index contributed by atoms with van der Waals surface area (Å²) in [6, 6.07) is 4.70. The van der Waals surface area contributed by atoms with E-state index in [0.717, 1.165) is 23.2 Å². The molecule has 19 heavy (non-hydrogen) atoms. The van der Waals surface area contributed by atoms with E-state index in [1.165, 1.54) is 4.90 Å². The first kappa shape index (κ1) is 13.4. The predicted molar refractivity (Wildman–Crippen MR) is 72.3 cm³/mol. The molecule has 1 aliphatic heterocycles. The molecule has 1 saturated heterocycles. The number of nitrogens with one attached hydrogen (secondary N) is 1. The maximum atomic E-state index is 12.1. The summed E-state index contributed by atoms with van der Waals surface area (Å²) in [4.78, 5) is 24.6. The zero-order valence-electron chi connectivity index (χ0n) is 11.1. The molecule has 0 radical (unpaired) electrons. The topological polar surface area (TPSA) is 69.6 Å². The summed E-state index contributed by atoms with van der Waals surface area (Å²) in [5.74, 6) is -0.937. The summed E-state index contributed by atoms with van der Waals surface area (Å²) < 4.78 is 0. The summed E-state index contributed by atoms with van der Waals surface area (Å²) in [6.07, 6.45) is 1.26. The highest BCUT2D eigenvalue weighted by Crippen LogP contribution is 2.21. The van der Waals surface area contributed by atoms with Crippen molar-refractivity contribution >= 4 is 17.7 Å². The van der Waals surface area contributed by atoms with Crippen molar-refractivity contribution in [3.8, 4) is 0 Å². The number of aryl methyl sites for hydroxylation is 2. The number of nitrogens with zero attached hydrogens (tertiary/aromatic N) is 1. The van der Waals surface area contributed by atoms with Gasteiger partial charge in [0.1, 0.15) is 6.04 Å². The van der Waals surface area contributed by atoms with Crippen LogP contribution in [0.2, 0.25) is 0 Å². The minimum Gasteiger partial charge on any atom is -0.480 e.